The van der Waals surface area contributed by atoms with Gasteiger partial charge in [0.25, 0.3) is 5.97 Å². The molecule has 90 valence electrons. The van der Waals surface area contributed by atoms with Gasteiger partial charge >= 0.3 is 0 Å². The van der Waals surface area contributed by atoms with Crippen molar-refractivity contribution in [2.45, 2.75) is 6.92 Å². The molecule has 0 fully saturated rings. The first-order valence-electron chi connectivity index (χ1n) is 5.00. The number of carboxylic acids is 1. The van der Waals surface area contributed by atoms with Crippen LogP contribution in [0, 0.1) is 0 Å². The van der Waals surface area contributed by atoms with Gasteiger partial charge in [-0.3, -0.25) is 4.79 Å². The first-order valence-corrected chi connectivity index (χ1v) is 5.00. The smallest absolute Gasteiger partial charge is 0.300 e. The molecule has 0 aliphatic rings. The van der Waals surface area contributed by atoms with Gasteiger partial charge in [0.1, 0.15) is 11.5 Å². The highest BCUT2D eigenvalue weighted by Crippen LogP contribution is 2.27. The van der Waals surface area contributed by atoms with Gasteiger partial charge in [-0.1, -0.05) is 12.1 Å². The number of hydrogen-bond donors (Lipinski definition) is 2. The molecule has 0 unspecified atom stereocenters. The number of phenolic OH excluding ortho intramolecular Hbond substituents is 1. The Bertz CT molecular complexity index is 516. The topological polar surface area (TPSA) is 66.8 Å². The lowest BCUT2D eigenvalue weighted by atomic mass is 10.1. The van der Waals surface area contributed by atoms with Gasteiger partial charge in [0.05, 0.1) is 7.11 Å². The van der Waals surface area contributed by atoms with E-state index in [2.05, 4.69) is 0 Å². The van der Waals surface area contributed by atoms with Crippen LogP contribution in [-0.2, 0) is 4.79 Å². The number of phenols is 1. The molecule has 2 rings (SSSR count). The summed E-state index contributed by atoms with van der Waals surface area (Å²) >= 11 is 0. The van der Waals surface area contributed by atoms with Crippen molar-refractivity contribution in [3.8, 4) is 11.5 Å². The summed E-state index contributed by atoms with van der Waals surface area (Å²) in [5.74, 6) is 0.276. The minimum absolute atomic E-state index is 0.306. The van der Waals surface area contributed by atoms with Crippen LogP contribution in [-0.4, -0.2) is 23.3 Å². The summed E-state index contributed by atoms with van der Waals surface area (Å²) in [6, 6.07) is 11.0. The standard InChI is InChI=1S/C11H10O2.C2H4O2/c1-13-9-5-6-10-8(7-9)3-2-4-11(10)12;1-2(3)4/h2-7,12H,1H3;1H3,(H,3,4). The predicted octanol–water partition coefficient (Wildman–Crippen LogP) is 2.64. The average molecular weight is 234 g/mol. The van der Waals surface area contributed by atoms with E-state index in [9.17, 15) is 5.11 Å². The maximum atomic E-state index is 9.49. The van der Waals surface area contributed by atoms with Gasteiger partial charge in [-0.05, 0) is 29.7 Å². The maximum Gasteiger partial charge on any atom is 0.300 e. The number of carbonyl (C=O) groups is 1. The van der Waals surface area contributed by atoms with Crippen LogP contribution in [0.2, 0.25) is 0 Å². The van der Waals surface area contributed by atoms with Crippen molar-refractivity contribution in [3.05, 3.63) is 36.4 Å². The third-order valence-electron chi connectivity index (χ3n) is 2.06. The predicted molar refractivity (Wildman–Crippen MR) is 65.5 cm³/mol. The summed E-state index contributed by atoms with van der Waals surface area (Å²) in [6.45, 7) is 1.08. The second-order valence-electron chi connectivity index (χ2n) is 3.38. The second kappa shape index (κ2) is 5.75. The van der Waals surface area contributed by atoms with Crippen LogP contribution in [0.25, 0.3) is 10.8 Å². The Morgan fingerprint density at radius 2 is 1.88 bits per heavy atom. The van der Waals surface area contributed by atoms with Crippen LogP contribution in [0.15, 0.2) is 36.4 Å². The van der Waals surface area contributed by atoms with E-state index in [1.54, 1.807) is 13.2 Å². The number of rotatable bonds is 1. The summed E-state index contributed by atoms with van der Waals surface area (Å²) in [5.41, 5.74) is 0. The second-order valence-corrected chi connectivity index (χ2v) is 3.38. The van der Waals surface area contributed by atoms with Gasteiger partial charge in [0.2, 0.25) is 0 Å². The average Bonchev–Trinajstić information content (AvgIpc) is 2.28. The van der Waals surface area contributed by atoms with E-state index in [0.29, 0.717) is 5.75 Å². The van der Waals surface area contributed by atoms with E-state index in [4.69, 9.17) is 14.6 Å². The minimum Gasteiger partial charge on any atom is -0.507 e. The fourth-order valence-corrected chi connectivity index (χ4v) is 1.37. The van der Waals surface area contributed by atoms with Crippen molar-refractivity contribution >= 4 is 16.7 Å². The molecule has 0 aliphatic carbocycles. The number of ether oxygens (including phenoxy) is 1. The van der Waals surface area contributed by atoms with Crippen molar-refractivity contribution in [2.75, 3.05) is 7.11 Å². The largest absolute Gasteiger partial charge is 0.507 e. The lowest BCUT2D eigenvalue weighted by molar-refractivity contribution is -0.134. The zero-order chi connectivity index (χ0) is 12.8. The first kappa shape index (κ1) is 12.8. The van der Waals surface area contributed by atoms with Gasteiger partial charge in [0, 0.05) is 12.3 Å². The van der Waals surface area contributed by atoms with Crippen LogP contribution in [0.5, 0.6) is 11.5 Å². The Hall–Kier alpha value is -2.23. The number of fused-ring (bicyclic) bond motifs is 1. The van der Waals surface area contributed by atoms with Gasteiger partial charge in [-0.15, -0.1) is 0 Å². The number of aromatic hydroxyl groups is 1. The molecule has 0 saturated carbocycles. The van der Waals surface area contributed by atoms with E-state index >= 15 is 0 Å². The highest BCUT2D eigenvalue weighted by molar-refractivity contribution is 5.89. The molecule has 0 saturated heterocycles. The maximum absolute atomic E-state index is 9.49. The van der Waals surface area contributed by atoms with Crippen LogP contribution in [0.3, 0.4) is 0 Å². The van der Waals surface area contributed by atoms with E-state index in [-0.39, 0.29) is 0 Å². The number of hydrogen-bond acceptors (Lipinski definition) is 3. The SMILES string of the molecule is CC(=O)O.COc1ccc2c(O)cccc2c1. The molecular weight excluding hydrogens is 220 g/mol. The summed E-state index contributed by atoms with van der Waals surface area (Å²) in [7, 11) is 1.63. The molecule has 0 spiro atoms. The Kier molecular flexibility index (Phi) is 4.34. The molecule has 0 amide bonds. The van der Waals surface area contributed by atoms with Gasteiger partial charge < -0.3 is 14.9 Å². The molecule has 0 heterocycles. The quantitative estimate of drug-likeness (QED) is 0.796. The van der Waals surface area contributed by atoms with Crippen LogP contribution in [0.1, 0.15) is 6.92 Å². The Balaban J connectivity index is 0.000000317. The Labute approximate surface area is 99.1 Å². The molecule has 0 aliphatic heterocycles. The molecule has 2 N–H and O–H groups in total. The molecule has 0 atom stereocenters. The minimum atomic E-state index is -0.833. The zero-order valence-corrected chi connectivity index (χ0v) is 9.68. The van der Waals surface area contributed by atoms with Crippen molar-refractivity contribution in [1.82, 2.24) is 0 Å². The Morgan fingerprint density at radius 3 is 2.47 bits per heavy atom. The van der Waals surface area contributed by atoms with Crippen molar-refractivity contribution in [2.24, 2.45) is 0 Å². The fraction of sp³-hybridized carbons (Fsp3) is 0.154. The van der Waals surface area contributed by atoms with Gasteiger partial charge in [-0.2, -0.15) is 0 Å². The first-order chi connectivity index (χ1) is 8.04. The number of benzene rings is 2. The normalized spacial score (nSPS) is 9.29. The van der Waals surface area contributed by atoms with E-state index in [1.807, 2.05) is 30.3 Å². The molecule has 0 radical (unpaired) electrons. The Morgan fingerprint density at radius 1 is 1.24 bits per heavy atom. The van der Waals surface area contributed by atoms with Crippen molar-refractivity contribution in [1.29, 1.82) is 0 Å². The number of aliphatic carboxylic acids is 1. The van der Waals surface area contributed by atoms with Crippen LogP contribution >= 0.6 is 0 Å². The fourth-order valence-electron chi connectivity index (χ4n) is 1.37. The summed E-state index contributed by atoms with van der Waals surface area (Å²) < 4.78 is 5.08. The highest BCUT2D eigenvalue weighted by Gasteiger charge is 1.99. The molecule has 2 aromatic rings. The third kappa shape index (κ3) is 3.68. The molecule has 17 heavy (non-hydrogen) atoms. The molecule has 2 aromatic carbocycles. The van der Waals surface area contributed by atoms with E-state index < -0.39 is 5.97 Å². The van der Waals surface area contributed by atoms with Crippen molar-refractivity contribution in [3.63, 3.8) is 0 Å². The molecular formula is C13H14O4. The summed E-state index contributed by atoms with van der Waals surface area (Å²) in [6.07, 6.45) is 0. The van der Waals surface area contributed by atoms with Crippen LogP contribution in [0.4, 0.5) is 0 Å². The summed E-state index contributed by atoms with van der Waals surface area (Å²) in [5, 5.41) is 18.7. The zero-order valence-electron chi connectivity index (χ0n) is 9.68. The molecule has 0 aromatic heterocycles. The highest BCUT2D eigenvalue weighted by atomic mass is 16.5. The third-order valence-corrected chi connectivity index (χ3v) is 2.06. The molecule has 0 bridgehead atoms. The van der Waals surface area contributed by atoms with E-state index in [0.717, 1.165) is 23.4 Å². The summed E-state index contributed by atoms with van der Waals surface area (Å²) in [4.78, 5) is 9.00. The molecule has 4 nitrogen and oxygen atoms in total. The number of methoxy groups -OCH3 is 1. The van der Waals surface area contributed by atoms with Crippen molar-refractivity contribution < 1.29 is 19.7 Å². The van der Waals surface area contributed by atoms with Gasteiger partial charge in [0.15, 0.2) is 0 Å². The monoisotopic (exact) mass is 234 g/mol. The van der Waals surface area contributed by atoms with Gasteiger partial charge in [-0.25, -0.2) is 0 Å². The number of carboxylic acid groups (broad SMARTS) is 1. The lowest BCUT2D eigenvalue weighted by Crippen LogP contribution is -1.82. The lowest BCUT2D eigenvalue weighted by Gasteiger charge is -2.03. The van der Waals surface area contributed by atoms with E-state index in [1.165, 1.54) is 0 Å². The van der Waals surface area contributed by atoms with Crippen LogP contribution < -0.4 is 4.74 Å². The molecule has 4 heteroatoms.